The van der Waals surface area contributed by atoms with Crippen LogP contribution in [0.4, 0.5) is 23.2 Å². The maximum atomic E-state index is 15.5. The number of ether oxygens (including phenoxy) is 4. The first-order chi connectivity index (χ1) is 22.1. The van der Waals surface area contributed by atoms with Crippen LogP contribution in [0.5, 0.6) is 23.0 Å². The molecule has 2 aliphatic rings. The number of nitrogens with zero attached hydrogens (tertiary/aromatic N) is 3. The molecule has 1 saturated heterocycles. The topological polar surface area (TPSA) is 115 Å². The Morgan fingerprint density at radius 1 is 0.915 bits per heavy atom. The fourth-order valence-electron chi connectivity index (χ4n) is 6.20. The van der Waals surface area contributed by atoms with Crippen LogP contribution < -0.4 is 23.3 Å². The molecule has 3 atom stereocenters. The van der Waals surface area contributed by atoms with Crippen LogP contribution in [-0.4, -0.2) is 90.6 Å². The van der Waals surface area contributed by atoms with E-state index >= 15 is 9.18 Å². The summed E-state index contributed by atoms with van der Waals surface area (Å²) in [5.41, 5.74) is -3.11. The first-order valence-corrected chi connectivity index (χ1v) is 15.5. The van der Waals surface area contributed by atoms with Crippen LogP contribution in [0, 0.1) is 0 Å². The van der Waals surface area contributed by atoms with Gasteiger partial charge in [-0.3, -0.25) is 14.5 Å². The minimum Gasteiger partial charge on any atom is -0.497 e. The van der Waals surface area contributed by atoms with Crippen molar-refractivity contribution in [3.05, 3.63) is 71.8 Å². The molecule has 3 aromatic rings. The molecule has 0 aromatic heterocycles. The zero-order valence-corrected chi connectivity index (χ0v) is 26.7. The minimum atomic E-state index is -5.16. The highest BCUT2D eigenvalue weighted by Crippen LogP contribution is 2.56. The number of methoxy groups -OCH3 is 3. The number of carbonyl (C=O) groups excluding carboxylic acids is 2. The SMILES string of the molecule is COc1ccc(S(=O)(=O)N2C(=O)C(c3ccccc3OC)(N3C[C@H](F)C[C@H]3C(=O)N(C)C)c3cc(OC(F)(F)F)ccc32)c(OC)c1. The molecule has 252 valence electrons. The Labute approximate surface area is 268 Å². The van der Waals surface area contributed by atoms with E-state index in [1.54, 1.807) is 6.07 Å². The van der Waals surface area contributed by atoms with E-state index in [-0.39, 0.29) is 40.5 Å². The third-order valence-corrected chi connectivity index (χ3v) is 9.83. The molecule has 0 spiro atoms. The van der Waals surface area contributed by atoms with Crippen molar-refractivity contribution in [2.75, 3.05) is 46.3 Å². The van der Waals surface area contributed by atoms with Crippen LogP contribution in [0.25, 0.3) is 0 Å². The molecule has 0 radical (unpaired) electrons. The third kappa shape index (κ3) is 5.58. The van der Waals surface area contributed by atoms with Crippen molar-refractivity contribution in [1.82, 2.24) is 9.80 Å². The van der Waals surface area contributed by atoms with Crippen molar-refractivity contribution in [1.29, 1.82) is 0 Å². The lowest BCUT2D eigenvalue weighted by atomic mass is 9.80. The van der Waals surface area contributed by atoms with Crippen molar-refractivity contribution < 1.29 is 54.5 Å². The molecule has 1 unspecified atom stereocenters. The molecule has 0 aliphatic carbocycles. The first-order valence-electron chi connectivity index (χ1n) is 14.1. The number of amides is 2. The molecule has 1 fully saturated rings. The molecular formula is C31H31F4N3O8S. The predicted octanol–water partition coefficient (Wildman–Crippen LogP) is 4.09. The maximum absolute atomic E-state index is 15.5. The van der Waals surface area contributed by atoms with Gasteiger partial charge in [0.25, 0.3) is 15.9 Å². The summed E-state index contributed by atoms with van der Waals surface area (Å²) in [6, 6.07) is 11.0. The van der Waals surface area contributed by atoms with Crippen molar-refractivity contribution in [3.8, 4) is 23.0 Å². The van der Waals surface area contributed by atoms with Gasteiger partial charge in [-0.15, -0.1) is 13.2 Å². The second kappa shape index (κ2) is 12.2. The fourth-order valence-corrected chi connectivity index (χ4v) is 7.80. The van der Waals surface area contributed by atoms with E-state index < -0.39 is 63.1 Å². The van der Waals surface area contributed by atoms with Gasteiger partial charge in [0.05, 0.1) is 33.1 Å². The summed E-state index contributed by atoms with van der Waals surface area (Å²) in [6.45, 7) is -0.558. The van der Waals surface area contributed by atoms with Gasteiger partial charge in [0.1, 0.15) is 34.1 Å². The van der Waals surface area contributed by atoms with Gasteiger partial charge in [-0.1, -0.05) is 18.2 Å². The van der Waals surface area contributed by atoms with Gasteiger partial charge in [0.2, 0.25) is 5.91 Å². The van der Waals surface area contributed by atoms with Crippen molar-refractivity contribution in [2.24, 2.45) is 0 Å². The summed E-state index contributed by atoms with van der Waals surface area (Å²) >= 11 is 0. The molecule has 47 heavy (non-hydrogen) atoms. The van der Waals surface area contributed by atoms with E-state index in [4.69, 9.17) is 14.2 Å². The molecule has 2 heterocycles. The van der Waals surface area contributed by atoms with Crippen LogP contribution in [-0.2, 0) is 25.2 Å². The lowest BCUT2D eigenvalue weighted by molar-refractivity contribution is -0.274. The van der Waals surface area contributed by atoms with Gasteiger partial charge in [-0.2, -0.15) is 0 Å². The standard InChI is InChI=1S/C31H31F4N3O8S/c1-36(2)28(39)24-14-18(32)17-37(24)30(21-8-6-7-9-25(21)44-4)22-15-20(46-31(33,34)35)10-12-23(22)38(29(30)40)47(41,42)27-13-11-19(43-3)16-26(27)45-5/h6-13,15-16,18,24H,14,17H2,1-5H3/t18-,24+,30?/m1/s1. The molecule has 0 bridgehead atoms. The summed E-state index contributed by atoms with van der Waals surface area (Å²) in [4.78, 5) is 30.6. The predicted molar refractivity (Wildman–Crippen MR) is 160 cm³/mol. The third-order valence-electron chi connectivity index (χ3n) is 8.10. The van der Waals surface area contributed by atoms with Gasteiger partial charge in [0, 0.05) is 44.3 Å². The second-order valence-electron chi connectivity index (χ2n) is 11.0. The van der Waals surface area contributed by atoms with E-state index in [1.807, 2.05) is 0 Å². The van der Waals surface area contributed by atoms with Crippen LogP contribution >= 0.6 is 0 Å². The monoisotopic (exact) mass is 681 g/mol. The number of anilines is 1. The number of alkyl halides is 4. The van der Waals surface area contributed by atoms with Crippen molar-refractivity contribution in [2.45, 2.75) is 35.4 Å². The number of fused-ring (bicyclic) bond motifs is 1. The molecular weight excluding hydrogens is 650 g/mol. The van der Waals surface area contributed by atoms with Crippen molar-refractivity contribution in [3.63, 3.8) is 0 Å². The number of sulfonamides is 1. The Bertz CT molecular complexity index is 1820. The Balaban J connectivity index is 1.89. The summed E-state index contributed by atoms with van der Waals surface area (Å²) < 4.78 is 106. The van der Waals surface area contributed by atoms with E-state index in [2.05, 4.69) is 4.74 Å². The number of benzene rings is 3. The van der Waals surface area contributed by atoms with Gasteiger partial charge < -0.3 is 23.8 Å². The summed E-state index contributed by atoms with van der Waals surface area (Å²) in [5.74, 6) is -2.55. The lowest BCUT2D eigenvalue weighted by Gasteiger charge is -2.42. The molecule has 16 heteroatoms. The number of hydrogen-bond acceptors (Lipinski definition) is 9. The summed E-state index contributed by atoms with van der Waals surface area (Å²) in [5, 5.41) is 0. The highest BCUT2D eigenvalue weighted by Gasteiger charge is 2.64. The maximum Gasteiger partial charge on any atom is 0.573 e. The Morgan fingerprint density at radius 2 is 1.57 bits per heavy atom. The number of likely N-dealkylation sites (N-methyl/N-ethyl adjacent to an activating group) is 1. The molecule has 3 aromatic carbocycles. The molecule has 0 saturated carbocycles. The van der Waals surface area contributed by atoms with Gasteiger partial charge >= 0.3 is 6.36 Å². The smallest absolute Gasteiger partial charge is 0.497 e. The second-order valence-corrected chi connectivity index (χ2v) is 12.7. The Kier molecular flexibility index (Phi) is 8.79. The lowest BCUT2D eigenvalue weighted by Crippen LogP contribution is -2.59. The van der Waals surface area contributed by atoms with Crippen molar-refractivity contribution >= 4 is 27.5 Å². The number of halogens is 4. The van der Waals surface area contributed by atoms with Crippen LogP contribution in [0.2, 0.25) is 0 Å². The Morgan fingerprint density at radius 3 is 2.19 bits per heavy atom. The Hall–Kier alpha value is -4.57. The highest BCUT2D eigenvalue weighted by atomic mass is 32.2. The van der Waals surface area contributed by atoms with Crippen LogP contribution in [0.1, 0.15) is 17.5 Å². The zero-order valence-electron chi connectivity index (χ0n) is 25.9. The largest absolute Gasteiger partial charge is 0.573 e. The summed E-state index contributed by atoms with van der Waals surface area (Å²) in [6.07, 6.45) is -7.21. The average molecular weight is 682 g/mol. The fraction of sp³-hybridized carbons (Fsp3) is 0.355. The van der Waals surface area contributed by atoms with Crippen LogP contribution in [0.15, 0.2) is 65.6 Å². The van der Waals surface area contributed by atoms with Gasteiger partial charge in [-0.05, 0) is 36.4 Å². The number of hydrogen-bond donors (Lipinski definition) is 0. The molecule has 0 N–H and O–H groups in total. The van der Waals surface area contributed by atoms with Gasteiger partial charge in [-0.25, -0.2) is 17.1 Å². The normalized spacial score (nSPS) is 21.4. The van der Waals surface area contributed by atoms with E-state index in [1.165, 1.54) is 75.6 Å². The van der Waals surface area contributed by atoms with E-state index in [9.17, 15) is 26.4 Å². The molecule has 5 rings (SSSR count). The number of rotatable bonds is 9. The average Bonchev–Trinajstić information content (AvgIpc) is 3.53. The zero-order chi connectivity index (χ0) is 34.5. The quantitative estimate of drug-likeness (QED) is 0.308. The highest BCUT2D eigenvalue weighted by molar-refractivity contribution is 7.93. The first kappa shape index (κ1) is 33.8. The number of carbonyl (C=O) groups is 2. The van der Waals surface area contributed by atoms with Gasteiger partial charge in [0.15, 0.2) is 5.54 Å². The molecule has 2 amide bonds. The minimum absolute atomic E-state index is 0.0218. The number of para-hydroxylation sites is 1. The van der Waals surface area contributed by atoms with E-state index in [0.717, 1.165) is 24.3 Å². The molecule has 2 aliphatic heterocycles. The molecule has 11 nitrogen and oxygen atoms in total. The van der Waals surface area contributed by atoms with Crippen LogP contribution in [0.3, 0.4) is 0 Å². The summed E-state index contributed by atoms with van der Waals surface area (Å²) in [7, 11) is 1.75. The van der Waals surface area contributed by atoms with E-state index in [0.29, 0.717) is 4.31 Å². The number of likely N-dealkylation sites (tertiary alicyclic amines) is 1.